The Balaban J connectivity index is 1.90. The normalized spacial score (nSPS) is 11.5. The summed E-state index contributed by atoms with van der Waals surface area (Å²) in [7, 11) is 1.54. The molecule has 0 spiro atoms. The first-order valence-corrected chi connectivity index (χ1v) is 8.84. The number of urea groups is 1. The van der Waals surface area contributed by atoms with E-state index < -0.39 is 6.03 Å². The molecule has 0 aliphatic carbocycles. The van der Waals surface area contributed by atoms with Gasteiger partial charge in [-0.3, -0.25) is 10.1 Å². The fourth-order valence-corrected chi connectivity index (χ4v) is 2.74. The molecule has 0 unspecified atom stereocenters. The zero-order valence-electron chi connectivity index (χ0n) is 14.5. The summed E-state index contributed by atoms with van der Waals surface area (Å²) in [5, 5.41) is 10.4. The summed E-state index contributed by atoms with van der Waals surface area (Å²) >= 11 is 1.27. The van der Waals surface area contributed by atoms with Crippen LogP contribution in [0.5, 0.6) is 5.75 Å². The molecular formula is C17H22N4O3S. The smallest absolute Gasteiger partial charge is 0.325 e. The van der Waals surface area contributed by atoms with Crippen molar-refractivity contribution in [1.29, 1.82) is 0 Å². The van der Waals surface area contributed by atoms with E-state index in [0.717, 1.165) is 6.42 Å². The maximum atomic E-state index is 12.1. The maximum absolute atomic E-state index is 12.1. The molecule has 3 N–H and O–H groups in total. The third-order valence-electron chi connectivity index (χ3n) is 3.49. The Labute approximate surface area is 150 Å². The van der Waals surface area contributed by atoms with Gasteiger partial charge in [-0.15, -0.1) is 11.3 Å². The van der Waals surface area contributed by atoms with E-state index in [1.165, 1.54) is 18.4 Å². The van der Waals surface area contributed by atoms with Crippen molar-refractivity contribution in [2.24, 2.45) is 0 Å². The van der Waals surface area contributed by atoms with Crippen LogP contribution in [0, 0.1) is 0 Å². The lowest BCUT2D eigenvalue weighted by Crippen LogP contribution is -2.33. The highest BCUT2D eigenvalue weighted by molar-refractivity contribution is 7.14. The van der Waals surface area contributed by atoms with Crippen molar-refractivity contribution in [3.8, 4) is 5.75 Å². The molecular weight excluding hydrogens is 340 g/mol. The van der Waals surface area contributed by atoms with Crippen molar-refractivity contribution in [3.63, 3.8) is 0 Å². The van der Waals surface area contributed by atoms with Crippen LogP contribution in [0.15, 0.2) is 29.6 Å². The predicted octanol–water partition coefficient (Wildman–Crippen LogP) is 3.25. The molecule has 0 bridgehead atoms. The van der Waals surface area contributed by atoms with Crippen molar-refractivity contribution >= 4 is 34.1 Å². The molecule has 1 aromatic carbocycles. The number of carbonyl (C=O) groups is 2. The van der Waals surface area contributed by atoms with Crippen molar-refractivity contribution in [3.05, 3.63) is 35.3 Å². The topological polar surface area (TPSA) is 92.4 Å². The second kappa shape index (κ2) is 9.03. The summed E-state index contributed by atoms with van der Waals surface area (Å²) in [6, 6.07) is 6.83. The van der Waals surface area contributed by atoms with Crippen LogP contribution in [-0.2, 0) is 11.2 Å². The van der Waals surface area contributed by atoms with Gasteiger partial charge < -0.3 is 15.4 Å². The molecule has 2 rings (SSSR count). The fraction of sp³-hybridized carbons (Fsp3) is 0.353. The monoisotopic (exact) mass is 362 g/mol. The van der Waals surface area contributed by atoms with Crippen molar-refractivity contribution in [2.45, 2.75) is 32.7 Å². The highest BCUT2D eigenvalue weighted by atomic mass is 32.1. The Morgan fingerprint density at radius 3 is 2.76 bits per heavy atom. The maximum Gasteiger partial charge on any atom is 0.325 e. The van der Waals surface area contributed by atoms with Gasteiger partial charge in [0.2, 0.25) is 5.91 Å². The Morgan fingerprint density at radius 2 is 2.04 bits per heavy atom. The predicted molar refractivity (Wildman–Crippen MR) is 99.3 cm³/mol. The van der Waals surface area contributed by atoms with Gasteiger partial charge in [-0.2, -0.15) is 0 Å². The van der Waals surface area contributed by atoms with Gasteiger partial charge in [0.05, 0.1) is 24.9 Å². The van der Waals surface area contributed by atoms with Crippen LogP contribution < -0.4 is 20.7 Å². The molecule has 1 heterocycles. The van der Waals surface area contributed by atoms with E-state index in [1.54, 1.807) is 23.6 Å². The molecule has 8 heteroatoms. The van der Waals surface area contributed by atoms with Crippen LogP contribution in [0.25, 0.3) is 0 Å². The van der Waals surface area contributed by atoms with E-state index in [0.29, 0.717) is 22.3 Å². The summed E-state index contributed by atoms with van der Waals surface area (Å²) in [5.41, 5.74) is 1.19. The number of hydrogen-bond acceptors (Lipinski definition) is 5. The fourth-order valence-electron chi connectivity index (χ4n) is 2.04. The summed E-state index contributed by atoms with van der Waals surface area (Å²) in [4.78, 5) is 28.2. The summed E-state index contributed by atoms with van der Waals surface area (Å²) in [6.07, 6.45) is 1.06. The van der Waals surface area contributed by atoms with Crippen LogP contribution in [0.2, 0.25) is 0 Å². The molecule has 134 valence electrons. The van der Waals surface area contributed by atoms with Gasteiger partial charge in [0, 0.05) is 11.4 Å². The van der Waals surface area contributed by atoms with Gasteiger partial charge in [-0.05, 0) is 25.5 Å². The molecule has 7 nitrogen and oxygen atoms in total. The summed E-state index contributed by atoms with van der Waals surface area (Å²) in [6.45, 7) is 3.96. The van der Waals surface area contributed by atoms with E-state index in [9.17, 15) is 9.59 Å². The highest BCUT2D eigenvalue weighted by Gasteiger charge is 2.12. The number of nitrogens with zero attached hydrogens (tertiary/aromatic N) is 1. The Bertz CT molecular complexity index is 732. The van der Waals surface area contributed by atoms with Crippen molar-refractivity contribution in [2.75, 3.05) is 17.7 Å². The third-order valence-corrected chi connectivity index (χ3v) is 4.30. The van der Waals surface area contributed by atoms with Crippen LogP contribution >= 0.6 is 11.3 Å². The Hall–Kier alpha value is -2.61. The molecule has 0 radical (unpaired) electrons. The van der Waals surface area contributed by atoms with Crippen LogP contribution in [0.4, 0.5) is 15.6 Å². The average Bonchev–Trinajstić information content (AvgIpc) is 3.01. The van der Waals surface area contributed by atoms with Gasteiger partial charge in [0.15, 0.2) is 5.13 Å². The van der Waals surface area contributed by atoms with Crippen molar-refractivity contribution in [1.82, 2.24) is 10.3 Å². The minimum Gasteiger partial charge on any atom is -0.495 e. The lowest BCUT2D eigenvalue weighted by molar-refractivity contribution is -0.121. The molecule has 0 saturated carbocycles. The summed E-state index contributed by atoms with van der Waals surface area (Å²) < 4.78 is 5.19. The molecule has 2 aromatic rings. The molecule has 25 heavy (non-hydrogen) atoms. The number of para-hydroxylation sites is 2. The number of benzene rings is 1. The summed E-state index contributed by atoms with van der Waals surface area (Å²) in [5.74, 6) is 0.490. The SMILES string of the molecule is CC[C@@H](C)NC(=O)Cc1csc(NC(=O)Nc2ccccc2OC)n1. The van der Waals surface area contributed by atoms with E-state index in [4.69, 9.17) is 4.74 Å². The molecule has 1 aromatic heterocycles. The number of ether oxygens (including phenoxy) is 1. The van der Waals surface area contributed by atoms with E-state index in [-0.39, 0.29) is 18.4 Å². The quantitative estimate of drug-likeness (QED) is 0.705. The van der Waals surface area contributed by atoms with Gasteiger partial charge in [0.25, 0.3) is 0 Å². The molecule has 0 saturated heterocycles. The second-order valence-electron chi connectivity index (χ2n) is 5.48. The zero-order chi connectivity index (χ0) is 18.2. The number of carbonyl (C=O) groups excluding carboxylic acids is 2. The molecule has 0 fully saturated rings. The number of nitrogens with one attached hydrogen (secondary N) is 3. The van der Waals surface area contributed by atoms with Gasteiger partial charge >= 0.3 is 6.03 Å². The Kier molecular flexibility index (Phi) is 6.76. The third kappa shape index (κ3) is 5.75. The first-order chi connectivity index (χ1) is 12.0. The lowest BCUT2D eigenvalue weighted by atomic mass is 10.2. The largest absolute Gasteiger partial charge is 0.495 e. The number of amides is 3. The molecule has 0 aliphatic rings. The van der Waals surface area contributed by atoms with Gasteiger partial charge in [-0.1, -0.05) is 19.1 Å². The Morgan fingerprint density at radius 1 is 1.28 bits per heavy atom. The number of aromatic nitrogens is 1. The number of hydrogen-bond donors (Lipinski definition) is 3. The highest BCUT2D eigenvalue weighted by Crippen LogP contribution is 2.23. The average molecular weight is 362 g/mol. The number of thiazole rings is 1. The van der Waals surface area contributed by atoms with Gasteiger partial charge in [0.1, 0.15) is 5.75 Å². The minimum absolute atomic E-state index is 0.0790. The zero-order valence-corrected chi connectivity index (χ0v) is 15.3. The first-order valence-electron chi connectivity index (χ1n) is 7.96. The molecule has 3 amide bonds. The van der Waals surface area contributed by atoms with Crippen LogP contribution in [0.1, 0.15) is 26.0 Å². The van der Waals surface area contributed by atoms with Gasteiger partial charge in [-0.25, -0.2) is 9.78 Å². The number of anilines is 2. The van der Waals surface area contributed by atoms with Crippen molar-refractivity contribution < 1.29 is 14.3 Å². The molecule has 1 atom stereocenters. The lowest BCUT2D eigenvalue weighted by Gasteiger charge is -2.10. The minimum atomic E-state index is -0.422. The first kappa shape index (κ1) is 18.7. The van der Waals surface area contributed by atoms with Crippen LogP contribution in [-0.4, -0.2) is 30.1 Å². The number of methoxy groups -OCH3 is 1. The molecule has 0 aliphatic heterocycles. The second-order valence-corrected chi connectivity index (χ2v) is 6.34. The van der Waals surface area contributed by atoms with E-state index in [2.05, 4.69) is 20.9 Å². The number of rotatable bonds is 7. The van der Waals surface area contributed by atoms with Crippen LogP contribution in [0.3, 0.4) is 0 Å². The van der Waals surface area contributed by atoms with E-state index in [1.807, 2.05) is 19.9 Å². The van der Waals surface area contributed by atoms with E-state index >= 15 is 0 Å². The standard InChI is InChI=1S/C17H22N4O3S/c1-4-11(2)18-15(22)9-12-10-25-17(19-12)21-16(23)20-13-7-5-6-8-14(13)24-3/h5-8,10-11H,4,9H2,1-3H3,(H,18,22)(H2,19,20,21,23)/t11-/m1/s1.